The molecule has 1 aliphatic rings. The summed E-state index contributed by atoms with van der Waals surface area (Å²) in [6.07, 6.45) is 6.05. The maximum atomic E-state index is 12.4. The zero-order valence-corrected chi connectivity index (χ0v) is 14.9. The van der Waals surface area contributed by atoms with E-state index in [-0.39, 0.29) is 18.5 Å². The summed E-state index contributed by atoms with van der Waals surface area (Å²) in [6, 6.07) is 5.78. The van der Waals surface area contributed by atoms with Gasteiger partial charge in [-0.2, -0.15) is 4.31 Å². The molecule has 1 fully saturated rings. The van der Waals surface area contributed by atoms with Crippen molar-refractivity contribution in [1.82, 2.24) is 4.31 Å². The number of carbonyl (C=O) groups is 1. The largest absolute Gasteiger partial charge is 0.325 e. The molecule has 0 heterocycles. The van der Waals surface area contributed by atoms with Gasteiger partial charge in [0.2, 0.25) is 15.9 Å². The lowest BCUT2D eigenvalue weighted by atomic mass is 9.95. The molecule has 128 valence electrons. The Morgan fingerprint density at radius 3 is 2.48 bits per heavy atom. The van der Waals surface area contributed by atoms with Gasteiger partial charge in [-0.3, -0.25) is 4.79 Å². The van der Waals surface area contributed by atoms with Gasteiger partial charge in [-0.15, -0.1) is 0 Å². The van der Waals surface area contributed by atoms with Gasteiger partial charge in [0.15, 0.2) is 0 Å². The highest BCUT2D eigenvalue weighted by molar-refractivity contribution is 7.88. The van der Waals surface area contributed by atoms with E-state index in [0.29, 0.717) is 0 Å². The quantitative estimate of drug-likeness (QED) is 0.898. The van der Waals surface area contributed by atoms with E-state index in [1.165, 1.54) is 10.6 Å². The van der Waals surface area contributed by atoms with E-state index in [0.717, 1.165) is 48.9 Å². The van der Waals surface area contributed by atoms with Crippen LogP contribution in [0.4, 0.5) is 5.69 Å². The Labute approximate surface area is 139 Å². The van der Waals surface area contributed by atoms with Gasteiger partial charge in [-0.1, -0.05) is 31.4 Å². The molecule has 0 bridgehead atoms. The van der Waals surface area contributed by atoms with E-state index in [1.54, 1.807) is 0 Å². The third-order valence-corrected chi connectivity index (χ3v) is 5.65. The van der Waals surface area contributed by atoms with Crippen LogP contribution >= 0.6 is 0 Å². The van der Waals surface area contributed by atoms with Crippen molar-refractivity contribution in [3.8, 4) is 0 Å². The Kier molecular flexibility index (Phi) is 5.81. The van der Waals surface area contributed by atoms with Gasteiger partial charge >= 0.3 is 0 Å². The summed E-state index contributed by atoms with van der Waals surface area (Å²) in [5.41, 5.74) is 2.76. The summed E-state index contributed by atoms with van der Waals surface area (Å²) in [5, 5.41) is 2.85. The van der Waals surface area contributed by atoms with Crippen LogP contribution in [-0.2, 0) is 14.8 Å². The highest BCUT2D eigenvalue weighted by Crippen LogP contribution is 2.24. The molecule has 1 aliphatic carbocycles. The van der Waals surface area contributed by atoms with Crippen molar-refractivity contribution in [2.45, 2.75) is 52.0 Å². The number of amides is 1. The summed E-state index contributed by atoms with van der Waals surface area (Å²) in [6.45, 7) is 3.77. The number of sulfonamides is 1. The molecule has 0 aromatic heterocycles. The molecule has 1 saturated carbocycles. The molecule has 0 unspecified atom stereocenters. The van der Waals surface area contributed by atoms with Gasteiger partial charge in [-0.05, 0) is 43.9 Å². The highest BCUT2D eigenvalue weighted by atomic mass is 32.2. The summed E-state index contributed by atoms with van der Waals surface area (Å²) in [4.78, 5) is 12.4. The third-order valence-electron chi connectivity index (χ3n) is 4.37. The zero-order valence-electron chi connectivity index (χ0n) is 14.1. The van der Waals surface area contributed by atoms with Gasteiger partial charge in [0.05, 0.1) is 12.8 Å². The number of benzene rings is 1. The number of aryl methyl sites for hydroxylation is 2. The number of hydrogen-bond acceptors (Lipinski definition) is 3. The number of rotatable bonds is 5. The molecule has 1 aromatic carbocycles. The topological polar surface area (TPSA) is 66.5 Å². The molecule has 0 atom stereocenters. The Balaban J connectivity index is 2.09. The second kappa shape index (κ2) is 7.45. The van der Waals surface area contributed by atoms with Crippen LogP contribution in [0.1, 0.15) is 43.2 Å². The van der Waals surface area contributed by atoms with Crippen molar-refractivity contribution in [2.24, 2.45) is 0 Å². The van der Waals surface area contributed by atoms with Gasteiger partial charge in [0.1, 0.15) is 0 Å². The molecule has 0 aliphatic heterocycles. The molecule has 0 saturated heterocycles. The van der Waals surface area contributed by atoms with E-state index in [4.69, 9.17) is 0 Å². The fourth-order valence-corrected chi connectivity index (χ4v) is 4.19. The third kappa shape index (κ3) is 5.04. The van der Waals surface area contributed by atoms with Crippen LogP contribution in [-0.4, -0.2) is 37.5 Å². The van der Waals surface area contributed by atoms with Crippen molar-refractivity contribution in [3.05, 3.63) is 29.3 Å². The molecular weight excluding hydrogens is 312 g/mol. The average Bonchev–Trinajstić information content (AvgIpc) is 2.48. The molecule has 5 nitrogen and oxygen atoms in total. The van der Waals surface area contributed by atoms with E-state index in [2.05, 4.69) is 5.32 Å². The van der Waals surface area contributed by atoms with Crippen molar-refractivity contribution in [2.75, 3.05) is 18.1 Å². The molecule has 6 heteroatoms. The summed E-state index contributed by atoms with van der Waals surface area (Å²) >= 11 is 0. The molecule has 1 aromatic rings. The molecule has 1 N–H and O–H groups in total. The number of carbonyl (C=O) groups excluding carboxylic acids is 1. The maximum Gasteiger partial charge on any atom is 0.239 e. The van der Waals surface area contributed by atoms with Crippen molar-refractivity contribution in [3.63, 3.8) is 0 Å². The van der Waals surface area contributed by atoms with Gasteiger partial charge in [-0.25, -0.2) is 8.42 Å². The zero-order chi connectivity index (χ0) is 17.0. The molecule has 2 rings (SSSR count). The Hall–Kier alpha value is -1.40. The lowest BCUT2D eigenvalue weighted by Gasteiger charge is -2.31. The van der Waals surface area contributed by atoms with E-state index >= 15 is 0 Å². The predicted octanol–water partition coefficient (Wildman–Crippen LogP) is 2.84. The summed E-state index contributed by atoms with van der Waals surface area (Å²) < 4.78 is 25.5. The fraction of sp³-hybridized carbons (Fsp3) is 0.588. The minimum Gasteiger partial charge on any atom is -0.325 e. The SMILES string of the molecule is Cc1ccc(C)c(NC(=O)CN(C2CCCCC2)S(C)(=O)=O)c1. The first kappa shape index (κ1) is 17.9. The summed E-state index contributed by atoms with van der Waals surface area (Å²) in [7, 11) is -3.40. The van der Waals surface area contributed by atoms with Gasteiger partial charge in [0, 0.05) is 11.7 Å². The molecule has 0 spiro atoms. The van der Waals surface area contributed by atoms with E-state index in [1.807, 2.05) is 32.0 Å². The maximum absolute atomic E-state index is 12.4. The average molecular weight is 338 g/mol. The Bertz CT molecular complexity index is 664. The minimum atomic E-state index is -3.40. The van der Waals surface area contributed by atoms with Crippen molar-refractivity contribution < 1.29 is 13.2 Å². The number of nitrogens with zero attached hydrogens (tertiary/aromatic N) is 1. The monoisotopic (exact) mass is 338 g/mol. The first-order chi connectivity index (χ1) is 10.8. The second-order valence-electron chi connectivity index (χ2n) is 6.47. The lowest BCUT2D eigenvalue weighted by molar-refractivity contribution is -0.116. The van der Waals surface area contributed by atoms with Crippen LogP contribution < -0.4 is 5.32 Å². The standard InChI is InChI=1S/C17H26N2O3S/c1-13-9-10-14(2)16(11-13)18-17(20)12-19(23(3,21)22)15-7-5-4-6-8-15/h9-11,15H,4-8,12H2,1-3H3,(H,18,20). The van der Waals surface area contributed by atoms with Crippen LogP contribution in [0.15, 0.2) is 18.2 Å². The van der Waals surface area contributed by atoms with Crippen LogP contribution in [0.2, 0.25) is 0 Å². The van der Waals surface area contributed by atoms with Crippen LogP contribution in [0.5, 0.6) is 0 Å². The molecule has 23 heavy (non-hydrogen) atoms. The number of anilines is 1. The van der Waals surface area contributed by atoms with Gasteiger partial charge in [0.25, 0.3) is 0 Å². The van der Waals surface area contributed by atoms with Crippen LogP contribution in [0, 0.1) is 13.8 Å². The normalized spacial score (nSPS) is 16.5. The molecule has 0 radical (unpaired) electrons. The predicted molar refractivity (Wildman–Crippen MR) is 93.0 cm³/mol. The van der Waals surface area contributed by atoms with E-state index < -0.39 is 10.0 Å². The van der Waals surface area contributed by atoms with Crippen LogP contribution in [0.3, 0.4) is 0 Å². The second-order valence-corrected chi connectivity index (χ2v) is 8.40. The van der Waals surface area contributed by atoms with Crippen LogP contribution in [0.25, 0.3) is 0 Å². The Morgan fingerprint density at radius 1 is 1.22 bits per heavy atom. The molecule has 1 amide bonds. The molecular formula is C17H26N2O3S. The Morgan fingerprint density at radius 2 is 1.87 bits per heavy atom. The number of nitrogens with one attached hydrogen (secondary N) is 1. The fourth-order valence-electron chi connectivity index (χ4n) is 3.09. The van der Waals surface area contributed by atoms with Crippen molar-refractivity contribution in [1.29, 1.82) is 0 Å². The summed E-state index contributed by atoms with van der Waals surface area (Å²) in [5.74, 6) is -0.283. The van der Waals surface area contributed by atoms with E-state index in [9.17, 15) is 13.2 Å². The number of hydrogen-bond donors (Lipinski definition) is 1. The van der Waals surface area contributed by atoms with Gasteiger partial charge < -0.3 is 5.32 Å². The van der Waals surface area contributed by atoms with Crippen molar-refractivity contribution >= 4 is 21.6 Å². The smallest absolute Gasteiger partial charge is 0.239 e. The highest BCUT2D eigenvalue weighted by Gasteiger charge is 2.29. The lowest BCUT2D eigenvalue weighted by Crippen LogP contribution is -2.45. The first-order valence-corrected chi connectivity index (χ1v) is 9.96. The minimum absolute atomic E-state index is 0.0527. The first-order valence-electron chi connectivity index (χ1n) is 8.11.